The number of nitrogens with one attached hydrogen (secondary N) is 2. The van der Waals surface area contributed by atoms with E-state index >= 15 is 0 Å². The highest BCUT2D eigenvalue weighted by molar-refractivity contribution is 6.01. The van der Waals surface area contributed by atoms with Gasteiger partial charge in [0.05, 0.1) is 17.3 Å². The molecule has 3 aromatic carbocycles. The average molecular weight is 525 g/mol. The van der Waals surface area contributed by atoms with E-state index in [9.17, 15) is 9.18 Å². The van der Waals surface area contributed by atoms with E-state index in [2.05, 4.69) is 27.5 Å². The number of H-pyrrole nitrogens is 1. The summed E-state index contributed by atoms with van der Waals surface area (Å²) in [5.74, 6) is 0.661. The van der Waals surface area contributed by atoms with E-state index in [0.717, 1.165) is 53.6 Å². The molecule has 200 valence electrons. The second-order valence-electron chi connectivity index (χ2n) is 11.4. The van der Waals surface area contributed by atoms with Gasteiger partial charge in [-0.2, -0.15) is 5.10 Å². The molecular weight excluding hydrogens is 491 g/mol. The number of carbonyl (C=O) groups excluding carboxylic acids is 1. The van der Waals surface area contributed by atoms with Gasteiger partial charge < -0.3 is 15.0 Å². The molecular formula is C32H33FN4O2. The molecule has 1 aromatic heterocycles. The molecule has 1 unspecified atom stereocenters. The van der Waals surface area contributed by atoms with E-state index in [1.165, 1.54) is 18.9 Å². The van der Waals surface area contributed by atoms with Crippen LogP contribution in [0.3, 0.4) is 0 Å². The van der Waals surface area contributed by atoms with Gasteiger partial charge in [0.2, 0.25) is 0 Å². The first-order chi connectivity index (χ1) is 19.0. The molecule has 3 heterocycles. The number of nitrogens with zero attached hydrogens (tertiary/aromatic N) is 2. The van der Waals surface area contributed by atoms with Crippen LogP contribution in [0.1, 0.15) is 60.5 Å². The van der Waals surface area contributed by atoms with Crippen molar-refractivity contribution in [1.82, 2.24) is 20.4 Å². The molecule has 4 aromatic rings. The Balaban J connectivity index is 1.09. The van der Waals surface area contributed by atoms with Crippen LogP contribution in [0.4, 0.5) is 4.39 Å². The molecule has 7 rings (SSSR count). The lowest BCUT2D eigenvalue weighted by Crippen LogP contribution is -2.43. The minimum Gasteiger partial charge on any atom is -0.490 e. The Bertz CT molecular complexity index is 1500. The third kappa shape index (κ3) is 4.69. The Hall–Kier alpha value is -3.71. The van der Waals surface area contributed by atoms with Crippen LogP contribution in [0.15, 0.2) is 66.7 Å². The molecule has 4 atom stereocenters. The molecule has 2 N–H and O–H groups in total. The van der Waals surface area contributed by atoms with Gasteiger partial charge in [-0.05, 0) is 100 Å². The predicted molar refractivity (Wildman–Crippen MR) is 149 cm³/mol. The molecule has 7 heteroatoms. The minimum absolute atomic E-state index is 0.208. The van der Waals surface area contributed by atoms with Gasteiger partial charge in [0, 0.05) is 34.2 Å². The Kier molecular flexibility index (Phi) is 6.11. The second kappa shape index (κ2) is 9.79. The van der Waals surface area contributed by atoms with Crippen LogP contribution in [0.25, 0.3) is 22.2 Å². The largest absolute Gasteiger partial charge is 0.490 e. The fourth-order valence-corrected chi connectivity index (χ4v) is 6.55. The number of fused-ring (bicyclic) bond motifs is 3. The van der Waals surface area contributed by atoms with Crippen molar-refractivity contribution in [3.63, 3.8) is 0 Å². The number of aromatic amines is 1. The summed E-state index contributed by atoms with van der Waals surface area (Å²) in [7, 11) is 2.24. The van der Waals surface area contributed by atoms with Crippen molar-refractivity contribution in [1.29, 1.82) is 0 Å². The number of halogens is 1. The van der Waals surface area contributed by atoms with E-state index < -0.39 is 0 Å². The highest BCUT2D eigenvalue weighted by Crippen LogP contribution is 2.42. The first kappa shape index (κ1) is 24.3. The standard InChI is InChI=1S/C32H33FN4O2/c1-37-22-11-12-23(37)18-25(17-22)39-24-13-8-20(9-14-24)31-27-16-21(10-15-29(27)35-36-31)32(38)34-30(19-6-7-19)26-4-2-3-5-28(26)33/h2-5,8-10,13-16,19,22-23,25,30H,6-7,11-12,17-18H2,1H3,(H,34,38)(H,35,36)/t22-,23+,25+,30?. The molecule has 0 radical (unpaired) electrons. The van der Waals surface area contributed by atoms with Crippen LogP contribution in [-0.2, 0) is 0 Å². The zero-order valence-corrected chi connectivity index (χ0v) is 22.1. The number of hydrogen-bond donors (Lipinski definition) is 2. The fourth-order valence-electron chi connectivity index (χ4n) is 6.55. The van der Waals surface area contributed by atoms with Gasteiger partial charge >= 0.3 is 0 Å². The van der Waals surface area contributed by atoms with Crippen LogP contribution in [0.2, 0.25) is 0 Å². The van der Waals surface area contributed by atoms with Crippen molar-refractivity contribution in [3.05, 3.63) is 83.7 Å². The Morgan fingerprint density at radius 1 is 1.03 bits per heavy atom. The molecule has 39 heavy (non-hydrogen) atoms. The van der Waals surface area contributed by atoms with Crippen molar-refractivity contribution in [2.24, 2.45) is 5.92 Å². The Labute approximate surface area is 227 Å². The predicted octanol–water partition coefficient (Wildman–Crippen LogP) is 6.25. The van der Waals surface area contributed by atoms with Crippen molar-refractivity contribution < 1.29 is 13.9 Å². The molecule has 0 spiro atoms. The zero-order valence-electron chi connectivity index (χ0n) is 22.1. The fraction of sp³-hybridized carbons (Fsp3) is 0.375. The number of rotatable bonds is 7. The first-order valence-electron chi connectivity index (χ1n) is 14.1. The topological polar surface area (TPSA) is 70.2 Å². The van der Waals surface area contributed by atoms with Gasteiger partial charge in [0.25, 0.3) is 5.91 Å². The molecule has 3 aliphatic rings. The molecule has 6 nitrogen and oxygen atoms in total. The van der Waals surface area contributed by atoms with E-state index in [1.54, 1.807) is 18.2 Å². The summed E-state index contributed by atoms with van der Waals surface area (Å²) in [5.41, 5.74) is 3.68. The molecule has 2 bridgehead atoms. The summed E-state index contributed by atoms with van der Waals surface area (Å²) < 4.78 is 20.9. The highest BCUT2D eigenvalue weighted by Gasteiger charge is 2.39. The monoisotopic (exact) mass is 524 g/mol. The van der Waals surface area contributed by atoms with Gasteiger partial charge in [-0.15, -0.1) is 0 Å². The number of piperidine rings is 1. The van der Waals surface area contributed by atoms with Crippen LogP contribution >= 0.6 is 0 Å². The normalized spacial score (nSPS) is 23.6. The molecule has 1 amide bonds. The van der Waals surface area contributed by atoms with Crippen LogP contribution in [-0.4, -0.2) is 46.2 Å². The lowest BCUT2D eigenvalue weighted by Gasteiger charge is -2.36. The summed E-state index contributed by atoms with van der Waals surface area (Å²) in [6.45, 7) is 0. The van der Waals surface area contributed by atoms with Gasteiger partial charge in [-0.25, -0.2) is 4.39 Å². The average Bonchev–Trinajstić information content (AvgIpc) is 3.67. The molecule has 3 fully saturated rings. The summed E-state index contributed by atoms with van der Waals surface area (Å²) in [5, 5.41) is 11.6. The minimum atomic E-state index is -0.328. The van der Waals surface area contributed by atoms with Crippen LogP contribution in [0, 0.1) is 11.7 Å². The maximum Gasteiger partial charge on any atom is 0.251 e. The number of hydrogen-bond acceptors (Lipinski definition) is 4. The van der Waals surface area contributed by atoms with Crippen LogP contribution < -0.4 is 10.1 Å². The van der Waals surface area contributed by atoms with Crippen molar-refractivity contribution in [2.75, 3.05) is 7.05 Å². The second-order valence-corrected chi connectivity index (χ2v) is 11.4. The van der Waals surface area contributed by atoms with Crippen LogP contribution in [0.5, 0.6) is 5.75 Å². The summed E-state index contributed by atoms with van der Waals surface area (Å²) in [4.78, 5) is 15.8. The molecule has 2 saturated heterocycles. The van der Waals surface area contributed by atoms with Gasteiger partial charge in [0.1, 0.15) is 17.7 Å². The number of benzene rings is 3. The Morgan fingerprint density at radius 3 is 2.49 bits per heavy atom. The lowest BCUT2D eigenvalue weighted by molar-refractivity contribution is 0.0662. The molecule has 2 aliphatic heterocycles. The SMILES string of the molecule is CN1[C@@H]2CC[C@H]1C[C@@H](Oc1ccc(-c3n[nH]c4ccc(C(=O)NC(c5ccccc5F)C5CC5)cc34)cc1)C2. The van der Waals surface area contributed by atoms with Gasteiger partial charge in [0.15, 0.2) is 0 Å². The number of aromatic nitrogens is 2. The van der Waals surface area contributed by atoms with E-state index in [0.29, 0.717) is 23.2 Å². The summed E-state index contributed by atoms with van der Waals surface area (Å²) in [6, 6.07) is 21.3. The maximum absolute atomic E-state index is 14.5. The number of amides is 1. The first-order valence-corrected chi connectivity index (χ1v) is 14.1. The van der Waals surface area contributed by atoms with E-state index in [1.807, 2.05) is 42.5 Å². The zero-order chi connectivity index (χ0) is 26.5. The van der Waals surface area contributed by atoms with Gasteiger partial charge in [-0.3, -0.25) is 9.89 Å². The van der Waals surface area contributed by atoms with E-state index in [4.69, 9.17) is 4.74 Å². The number of ether oxygens (including phenoxy) is 1. The number of carbonyl (C=O) groups is 1. The smallest absolute Gasteiger partial charge is 0.251 e. The maximum atomic E-state index is 14.5. The van der Waals surface area contributed by atoms with Gasteiger partial charge in [-0.1, -0.05) is 18.2 Å². The van der Waals surface area contributed by atoms with Crippen molar-refractivity contribution in [3.8, 4) is 17.0 Å². The van der Waals surface area contributed by atoms with E-state index in [-0.39, 0.29) is 29.8 Å². The molecule has 1 aliphatic carbocycles. The van der Waals surface area contributed by atoms with Crippen molar-refractivity contribution >= 4 is 16.8 Å². The summed E-state index contributed by atoms with van der Waals surface area (Å²) in [6.07, 6.45) is 6.96. The lowest BCUT2D eigenvalue weighted by atomic mass is 10.00. The highest BCUT2D eigenvalue weighted by atomic mass is 19.1. The Morgan fingerprint density at radius 2 is 1.77 bits per heavy atom. The quantitative estimate of drug-likeness (QED) is 0.300. The third-order valence-electron chi connectivity index (χ3n) is 8.93. The summed E-state index contributed by atoms with van der Waals surface area (Å²) >= 11 is 0. The third-order valence-corrected chi connectivity index (χ3v) is 8.93. The molecule has 1 saturated carbocycles. The van der Waals surface area contributed by atoms with Crippen molar-refractivity contribution in [2.45, 2.75) is 62.8 Å².